The first-order valence-corrected chi connectivity index (χ1v) is 8.35. The van der Waals surface area contributed by atoms with Crippen LogP contribution in [-0.4, -0.2) is 12.2 Å². The Morgan fingerprint density at radius 3 is 1.85 bits per heavy atom. The third-order valence-electron chi connectivity index (χ3n) is 4.01. The standard InChI is InChI=1S/C19H38O/c1-9-19(10-2,16-20-18(6,7)8)15-13-11-12-14-17(3,4)5/h12,14H,9-11,13,15-16H2,1-8H3. The Morgan fingerprint density at radius 2 is 1.45 bits per heavy atom. The molecule has 1 heteroatoms. The lowest BCUT2D eigenvalue weighted by Crippen LogP contribution is -2.31. The van der Waals surface area contributed by atoms with Crippen LogP contribution in [0.3, 0.4) is 0 Å². The molecule has 0 saturated heterocycles. The lowest BCUT2D eigenvalue weighted by Gasteiger charge is -2.34. The zero-order chi connectivity index (χ0) is 15.9. The number of hydrogen-bond acceptors (Lipinski definition) is 1. The third-order valence-corrected chi connectivity index (χ3v) is 4.01. The van der Waals surface area contributed by atoms with Gasteiger partial charge in [-0.15, -0.1) is 0 Å². The lowest BCUT2D eigenvalue weighted by atomic mass is 9.78. The summed E-state index contributed by atoms with van der Waals surface area (Å²) in [6, 6.07) is 0. The molecule has 120 valence electrons. The van der Waals surface area contributed by atoms with Crippen molar-refractivity contribution in [3.05, 3.63) is 12.2 Å². The highest BCUT2D eigenvalue weighted by atomic mass is 16.5. The molecule has 0 rings (SSSR count). The van der Waals surface area contributed by atoms with Crippen LogP contribution >= 0.6 is 0 Å². The van der Waals surface area contributed by atoms with Crippen LogP contribution in [0.15, 0.2) is 12.2 Å². The zero-order valence-electron chi connectivity index (χ0n) is 15.3. The first-order chi connectivity index (χ1) is 9.04. The lowest BCUT2D eigenvalue weighted by molar-refractivity contribution is -0.0582. The summed E-state index contributed by atoms with van der Waals surface area (Å²) >= 11 is 0. The Morgan fingerprint density at radius 1 is 0.900 bits per heavy atom. The van der Waals surface area contributed by atoms with E-state index in [2.05, 4.69) is 67.5 Å². The van der Waals surface area contributed by atoms with Gasteiger partial charge in [0, 0.05) is 0 Å². The first-order valence-electron chi connectivity index (χ1n) is 8.35. The summed E-state index contributed by atoms with van der Waals surface area (Å²) in [5, 5.41) is 0. The average molecular weight is 283 g/mol. The number of allylic oxidation sites excluding steroid dienone is 2. The summed E-state index contributed by atoms with van der Waals surface area (Å²) in [6.45, 7) is 18.7. The van der Waals surface area contributed by atoms with E-state index in [9.17, 15) is 0 Å². The Hall–Kier alpha value is -0.300. The summed E-state index contributed by atoms with van der Waals surface area (Å²) in [4.78, 5) is 0. The van der Waals surface area contributed by atoms with E-state index in [1.54, 1.807) is 0 Å². The molecule has 0 aromatic rings. The molecule has 0 atom stereocenters. The van der Waals surface area contributed by atoms with E-state index >= 15 is 0 Å². The van der Waals surface area contributed by atoms with Crippen molar-refractivity contribution < 1.29 is 4.74 Å². The van der Waals surface area contributed by atoms with Gasteiger partial charge in [-0.25, -0.2) is 0 Å². The molecule has 0 spiro atoms. The maximum absolute atomic E-state index is 6.07. The quantitative estimate of drug-likeness (QED) is 0.371. The molecule has 0 heterocycles. The first kappa shape index (κ1) is 19.7. The highest BCUT2D eigenvalue weighted by Crippen LogP contribution is 2.34. The van der Waals surface area contributed by atoms with Gasteiger partial charge in [0.2, 0.25) is 0 Å². The second-order valence-electron chi connectivity index (χ2n) is 8.27. The fourth-order valence-corrected chi connectivity index (χ4v) is 2.28. The fourth-order valence-electron chi connectivity index (χ4n) is 2.28. The second-order valence-corrected chi connectivity index (χ2v) is 8.27. The molecule has 0 radical (unpaired) electrons. The van der Waals surface area contributed by atoms with Crippen LogP contribution < -0.4 is 0 Å². The molecule has 0 fully saturated rings. The van der Waals surface area contributed by atoms with Gasteiger partial charge in [0.25, 0.3) is 0 Å². The maximum Gasteiger partial charge on any atom is 0.0598 e. The van der Waals surface area contributed by atoms with Crippen LogP contribution in [0, 0.1) is 10.8 Å². The highest BCUT2D eigenvalue weighted by Gasteiger charge is 2.28. The zero-order valence-corrected chi connectivity index (χ0v) is 15.3. The van der Waals surface area contributed by atoms with E-state index < -0.39 is 0 Å². The summed E-state index contributed by atoms with van der Waals surface area (Å²) < 4.78 is 6.07. The monoisotopic (exact) mass is 282 g/mol. The number of ether oxygens (including phenoxy) is 1. The van der Waals surface area contributed by atoms with Gasteiger partial charge in [0.1, 0.15) is 0 Å². The van der Waals surface area contributed by atoms with Crippen molar-refractivity contribution in [2.24, 2.45) is 10.8 Å². The summed E-state index contributed by atoms with van der Waals surface area (Å²) in [5.41, 5.74) is 0.645. The molecule has 0 unspecified atom stereocenters. The van der Waals surface area contributed by atoms with Crippen LogP contribution in [0.5, 0.6) is 0 Å². The van der Waals surface area contributed by atoms with Crippen molar-refractivity contribution in [1.29, 1.82) is 0 Å². The molecule has 0 aromatic heterocycles. The van der Waals surface area contributed by atoms with E-state index in [0.29, 0.717) is 10.8 Å². The second kappa shape index (κ2) is 8.22. The SMILES string of the molecule is CCC(CC)(CCCC=CC(C)(C)C)COC(C)(C)C. The molecule has 0 aliphatic rings. The molecule has 20 heavy (non-hydrogen) atoms. The van der Waals surface area contributed by atoms with Crippen LogP contribution in [0.2, 0.25) is 0 Å². The van der Waals surface area contributed by atoms with Crippen molar-refractivity contribution in [3.63, 3.8) is 0 Å². The third kappa shape index (κ3) is 9.58. The molecular weight excluding hydrogens is 244 g/mol. The van der Waals surface area contributed by atoms with Crippen molar-refractivity contribution >= 4 is 0 Å². The van der Waals surface area contributed by atoms with Gasteiger partial charge >= 0.3 is 0 Å². The van der Waals surface area contributed by atoms with Gasteiger partial charge < -0.3 is 4.74 Å². The van der Waals surface area contributed by atoms with Gasteiger partial charge in [-0.1, -0.05) is 46.8 Å². The minimum Gasteiger partial charge on any atom is -0.375 e. The molecule has 0 saturated carbocycles. The maximum atomic E-state index is 6.07. The molecule has 0 bridgehead atoms. The van der Waals surface area contributed by atoms with Gasteiger partial charge in [0.15, 0.2) is 0 Å². The van der Waals surface area contributed by atoms with Crippen molar-refractivity contribution in [2.75, 3.05) is 6.61 Å². The van der Waals surface area contributed by atoms with E-state index in [1.165, 1.54) is 32.1 Å². The normalized spacial score (nSPS) is 14.2. The topological polar surface area (TPSA) is 9.23 Å². The van der Waals surface area contributed by atoms with Crippen molar-refractivity contribution in [2.45, 2.75) is 93.1 Å². The van der Waals surface area contributed by atoms with Crippen LogP contribution in [0.4, 0.5) is 0 Å². The van der Waals surface area contributed by atoms with E-state index in [0.717, 1.165) is 6.61 Å². The van der Waals surface area contributed by atoms with Crippen LogP contribution in [-0.2, 0) is 4.74 Å². The Kier molecular flexibility index (Phi) is 8.09. The summed E-state index contributed by atoms with van der Waals surface area (Å²) in [6.07, 6.45) is 10.8. The van der Waals surface area contributed by atoms with E-state index in [1.807, 2.05) is 0 Å². The largest absolute Gasteiger partial charge is 0.375 e. The van der Waals surface area contributed by atoms with Crippen LogP contribution in [0.1, 0.15) is 87.5 Å². The predicted molar refractivity (Wildman–Crippen MR) is 91.2 cm³/mol. The Balaban J connectivity index is 4.30. The molecule has 0 N–H and O–H groups in total. The molecule has 1 nitrogen and oxygen atoms in total. The summed E-state index contributed by atoms with van der Waals surface area (Å²) in [5.74, 6) is 0. The number of hydrogen-bond donors (Lipinski definition) is 0. The van der Waals surface area contributed by atoms with E-state index in [-0.39, 0.29) is 5.60 Å². The fraction of sp³-hybridized carbons (Fsp3) is 0.895. The number of rotatable bonds is 8. The van der Waals surface area contributed by atoms with Gasteiger partial charge in [-0.05, 0) is 63.7 Å². The predicted octanol–water partition coefficient (Wildman–Crippen LogP) is 6.38. The highest BCUT2D eigenvalue weighted by molar-refractivity contribution is 4.92. The van der Waals surface area contributed by atoms with Gasteiger partial charge in [-0.3, -0.25) is 0 Å². The molecule has 0 amide bonds. The van der Waals surface area contributed by atoms with Crippen LogP contribution in [0.25, 0.3) is 0 Å². The molecule has 0 aliphatic heterocycles. The summed E-state index contributed by atoms with van der Waals surface area (Å²) in [7, 11) is 0. The number of unbranched alkanes of at least 4 members (excludes halogenated alkanes) is 1. The van der Waals surface area contributed by atoms with Crippen molar-refractivity contribution in [1.82, 2.24) is 0 Å². The Labute approximate surface area is 128 Å². The van der Waals surface area contributed by atoms with Gasteiger partial charge in [-0.2, -0.15) is 0 Å². The molecule has 0 aliphatic carbocycles. The Bertz CT molecular complexity index is 271. The van der Waals surface area contributed by atoms with Crippen molar-refractivity contribution in [3.8, 4) is 0 Å². The van der Waals surface area contributed by atoms with Gasteiger partial charge in [0.05, 0.1) is 12.2 Å². The average Bonchev–Trinajstić information content (AvgIpc) is 2.31. The molecular formula is C19H38O. The van der Waals surface area contributed by atoms with E-state index in [4.69, 9.17) is 4.74 Å². The molecule has 0 aromatic carbocycles. The minimum absolute atomic E-state index is 0.0261. The minimum atomic E-state index is -0.0261. The smallest absolute Gasteiger partial charge is 0.0598 e.